The molecule has 2 aromatic carbocycles. The van der Waals surface area contributed by atoms with E-state index in [-0.39, 0.29) is 17.2 Å². The van der Waals surface area contributed by atoms with Crippen molar-refractivity contribution in [3.8, 4) is 11.3 Å². The number of anilines is 2. The SMILES string of the molecule is CC.CN=Cc1cc(-c2oc3c(C(C)Nc4cccnc4C(N)=O)cc(C)cc3c(=O)c2C)ccc1N. The van der Waals surface area contributed by atoms with Crippen molar-refractivity contribution in [3.05, 3.63) is 86.8 Å². The summed E-state index contributed by atoms with van der Waals surface area (Å²) >= 11 is 0. The largest absolute Gasteiger partial charge is 0.455 e. The Labute approximate surface area is 216 Å². The number of nitrogen functional groups attached to an aromatic ring is 1. The van der Waals surface area contributed by atoms with Gasteiger partial charge in [0.15, 0.2) is 11.1 Å². The first kappa shape index (κ1) is 27.1. The maximum Gasteiger partial charge on any atom is 0.269 e. The number of benzene rings is 2. The molecule has 1 amide bonds. The van der Waals surface area contributed by atoms with Gasteiger partial charge in [-0.3, -0.25) is 14.6 Å². The fourth-order valence-electron chi connectivity index (χ4n) is 4.16. The molecule has 4 aromatic rings. The Bertz CT molecular complexity index is 1540. The minimum Gasteiger partial charge on any atom is -0.455 e. The number of nitrogens with zero attached hydrogens (tertiary/aromatic N) is 2. The number of rotatable bonds is 6. The highest BCUT2D eigenvalue weighted by Gasteiger charge is 2.20. The van der Waals surface area contributed by atoms with Gasteiger partial charge >= 0.3 is 0 Å². The number of nitrogens with two attached hydrogens (primary N) is 2. The van der Waals surface area contributed by atoms with Crippen molar-refractivity contribution in [2.45, 2.75) is 40.7 Å². The van der Waals surface area contributed by atoms with Gasteiger partial charge in [-0.25, -0.2) is 4.98 Å². The maximum absolute atomic E-state index is 13.4. The third-order valence-electron chi connectivity index (χ3n) is 5.89. The van der Waals surface area contributed by atoms with Gasteiger partial charge in [-0.2, -0.15) is 0 Å². The van der Waals surface area contributed by atoms with Crippen LogP contribution in [0, 0.1) is 13.8 Å². The van der Waals surface area contributed by atoms with Crippen LogP contribution in [0.2, 0.25) is 0 Å². The molecule has 192 valence electrons. The third-order valence-corrected chi connectivity index (χ3v) is 5.89. The molecular weight excluding hydrogens is 466 g/mol. The number of aromatic nitrogens is 1. The van der Waals surface area contributed by atoms with Crippen LogP contribution in [0.1, 0.15) is 59.6 Å². The molecule has 0 saturated carbocycles. The van der Waals surface area contributed by atoms with Gasteiger partial charge in [0.05, 0.1) is 17.1 Å². The zero-order valence-corrected chi connectivity index (χ0v) is 22.0. The van der Waals surface area contributed by atoms with Crippen LogP contribution in [-0.4, -0.2) is 24.2 Å². The second kappa shape index (κ2) is 11.5. The summed E-state index contributed by atoms with van der Waals surface area (Å²) < 4.78 is 6.42. The van der Waals surface area contributed by atoms with Gasteiger partial charge < -0.3 is 21.2 Å². The molecule has 2 heterocycles. The summed E-state index contributed by atoms with van der Waals surface area (Å²) in [4.78, 5) is 33.4. The molecule has 1 atom stereocenters. The monoisotopic (exact) mass is 499 g/mol. The van der Waals surface area contributed by atoms with Crippen LogP contribution >= 0.6 is 0 Å². The molecule has 0 aliphatic carbocycles. The molecule has 4 rings (SSSR count). The van der Waals surface area contributed by atoms with Crippen LogP contribution in [0.5, 0.6) is 0 Å². The molecule has 8 nitrogen and oxygen atoms in total. The number of hydrogen-bond donors (Lipinski definition) is 3. The van der Waals surface area contributed by atoms with Crippen molar-refractivity contribution < 1.29 is 9.21 Å². The predicted octanol–water partition coefficient (Wildman–Crippen LogP) is 5.40. The van der Waals surface area contributed by atoms with E-state index in [1.54, 1.807) is 38.4 Å². The normalized spacial score (nSPS) is 11.7. The maximum atomic E-state index is 13.4. The number of pyridine rings is 1. The fourth-order valence-corrected chi connectivity index (χ4v) is 4.16. The summed E-state index contributed by atoms with van der Waals surface area (Å²) in [6, 6.07) is 12.4. The van der Waals surface area contributed by atoms with Crippen LogP contribution in [-0.2, 0) is 0 Å². The van der Waals surface area contributed by atoms with Gasteiger partial charge in [-0.05, 0) is 62.7 Å². The molecular formula is C29H33N5O3. The van der Waals surface area contributed by atoms with Gasteiger partial charge in [-0.15, -0.1) is 0 Å². The van der Waals surface area contributed by atoms with Crippen LogP contribution in [0.15, 0.2) is 62.9 Å². The Hall–Kier alpha value is -4.46. The number of aliphatic imine (C=N–C) groups is 1. The Morgan fingerprint density at radius 2 is 1.89 bits per heavy atom. The highest BCUT2D eigenvalue weighted by molar-refractivity contribution is 5.96. The summed E-state index contributed by atoms with van der Waals surface area (Å²) in [5, 5.41) is 3.78. The van der Waals surface area contributed by atoms with E-state index in [0.717, 1.165) is 22.3 Å². The van der Waals surface area contributed by atoms with Crippen molar-refractivity contribution in [1.82, 2.24) is 4.98 Å². The first-order chi connectivity index (χ1) is 17.7. The molecule has 0 aliphatic rings. The topological polar surface area (TPSA) is 137 Å². The minimum absolute atomic E-state index is 0.111. The number of aryl methyl sites for hydroxylation is 1. The smallest absolute Gasteiger partial charge is 0.269 e. The highest BCUT2D eigenvalue weighted by atomic mass is 16.3. The van der Waals surface area contributed by atoms with Crippen molar-refractivity contribution in [1.29, 1.82) is 0 Å². The van der Waals surface area contributed by atoms with Gasteiger partial charge in [-0.1, -0.05) is 19.9 Å². The van der Waals surface area contributed by atoms with E-state index >= 15 is 0 Å². The lowest BCUT2D eigenvalue weighted by Gasteiger charge is -2.19. The Morgan fingerprint density at radius 1 is 1.16 bits per heavy atom. The average Bonchev–Trinajstić information content (AvgIpc) is 2.89. The Morgan fingerprint density at radius 3 is 2.57 bits per heavy atom. The number of primary amides is 1. The van der Waals surface area contributed by atoms with Crippen LogP contribution in [0.25, 0.3) is 22.3 Å². The second-order valence-corrected chi connectivity index (χ2v) is 8.48. The van der Waals surface area contributed by atoms with Gasteiger partial charge in [0.2, 0.25) is 0 Å². The number of hydrogen-bond acceptors (Lipinski definition) is 7. The number of carbonyl (C=O) groups excluding carboxylic acids is 1. The molecule has 0 spiro atoms. The molecule has 8 heteroatoms. The van der Waals surface area contributed by atoms with Crippen LogP contribution in [0.3, 0.4) is 0 Å². The molecule has 1 unspecified atom stereocenters. The summed E-state index contributed by atoms with van der Waals surface area (Å²) in [6.45, 7) is 9.60. The van der Waals surface area contributed by atoms with Crippen molar-refractivity contribution in [2.75, 3.05) is 18.1 Å². The number of carbonyl (C=O) groups is 1. The predicted molar refractivity (Wildman–Crippen MR) is 151 cm³/mol. The zero-order chi connectivity index (χ0) is 27.3. The van der Waals surface area contributed by atoms with E-state index in [4.69, 9.17) is 15.9 Å². The van der Waals surface area contributed by atoms with Gasteiger partial charge in [0.25, 0.3) is 5.91 Å². The summed E-state index contributed by atoms with van der Waals surface area (Å²) in [6.07, 6.45) is 3.18. The van der Waals surface area contributed by atoms with E-state index in [1.165, 1.54) is 6.20 Å². The summed E-state index contributed by atoms with van der Waals surface area (Å²) in [5.41, 5.74) is 16.8. The lowest BCUT2D eigenvalue weighted by Crippen LogP contribution is -2.18. The first-order valence-electron chi connectivity index (χ1n) is 12.1. The molecule has 2 aromatic heterocycles. The lowest BCUT2D eigenvalue weighted by molar-refractivity contribution is 0.0996. The molecule has 0 aliphatic heterocycles. The van der Waals surface area contributed by atoms with Gasteiger partial charge in [0.1, 0.15) is 11.3 Å². The molecule has 0 saturated heterocycles. The lowest BCUT2D eigenvalue weighted by atomic mass is 9.98. The standard InChI is InChI=1S/C27H27N5O3.C2H6/c1-14-10-19(16(3)32-22-6-5-9-31-23(22)27(29)34)26-20(11-14)24(33)15(2)25(35-26)17-7-8-21(28)18(12-17)13-30-4;1-2/h5-13,16,32H,28H2,1-4H3,(H2,29,34);1-2H3. The third kappa shape index (κ3) is 5.53. The van der Waals surface area contributed by atoms with Crippen molar-refractivity contribution in [2.24, 2.45) is 10.7 Å². The average molecular weight is 500 g/mol. The molecule has 5 N–H and O–H groups in total. The molecule has 37 heavy (non-hydrogen) atoms. The molecule has 0 fully saturated rings. The number of fused-ring (bicyclic) bond motifs is 1. The Balaban J connectivity index is 0.00000186. The minimum atomic E-state index is -0.631. The Kier molecular flexibility index (Phi) is 8.45. The quantitative estimate of drug-likeness (QED) is 0.240. The first-order valence-corrected chi connectivity index (χ1v) is 12.1. The zero-order valence-electron chi connectivity index (χ0n) is 22.0. The van der Waals surface area contributed by atoms with Crippen molar-refractivity contribution >= 4 is 34.5 Å². The van der Waals surface area contributed by atoms with E-state index in [0.29, 0.717) is 33.7 Å². The summed E-state index contributed by atoms with van der Waals surface area (Å²) in [7, 11) is 1.67. The van der Waals surface area contributed by atoms with E-state index in [9.17, 15) is 9.59 Å². The van der Waals surface area contributed by atoms with E-state index in [2.05, 4.69) is 15.3 Å². The van der Waals surface area contributed by atoms with Crippen molar-refractivity contribution in [3.63, 3.8) is 0 Å². The highest BCUT2D eigenvalue weighted by Crippen LogP contribution is 2.33. The fraction of sp³-hybridized carbons (Fsp3) is 0.241. The van der Waals surface area contributed by atoms with Crippen LogP contribution < -0.4 is 22.2 Å². The van der Waals surface area contributed by atoms with E-state index in [1.807, 2.05) is 52.0 Å². The van der Waals surface area contributed by atoms with Crippen LogP contribution in [0.4, 0.5) is 11.4 Å². The number of amides is 1. The number of nitrogens with one attached hydrogen (secondary N) is 1. The molecule has 0 bridgehead atoms. The van der Waals surface area contributed by atoms with E-state index < -0.39 is 5.91 Å². The molecule has 0 radical (unpaired) electrons. The summed E-state index contributed by atoms with van der Waals surface area (Å²) in [5.74, 6) is -0.168. The second-order valence-electron chi connectivity index (χ2n) is 8.48. The van der Waals surface area contributed by atoms with Gasteiger partial charge in [0, 0.05) is 47.4 Å².